The van der Waals surface area contributed by atoms with Crippen molar-refractivity contribution in [2.24, 2.45) is 11.0 Å². The van der Waals surface area contributed by atoms with Gasteiger partial charge in [0.25, 0.3) is 5.91 Å². The van der Waals surface area contributed by atoms with E-state index >= 15 is 0 Å². The van der Waals surface area contributed by atoms with Gasteiger partial charge < -0.3 is 5.32 Å². The maximum atomic E-state index is 11.9. The van der Waals surface area contributed by atoms with Crippen molar-refractivity contribution in [3.63, 3.8) is 0 Å². The molecule has 1 saturated carbocycles. The lowest BCUT2D eigenvalue weighted by atomic mass is 9.89. The van der Waals surface area contributed by atoms with Gasteiger partial charge in [-0.05, 0) is 78.5 Å². The van der Waals surface area contributed by atoms with Crippen LogP contribution in [0, 0.1) is 16.4 Å². The molecule has 1 amide bonds. The third-order valence-corrected chi connectivity index (χ3v) is 4.51. The highest BCUT2D eigenvalue weighted by molar-refractivity contribution is 14.1. The zero-order valence-corrected chi connectivity index (χ0v) is 14.7. The minimum atomic E-state index is -0.0989. The maximum Gasteiger partial charge on any atom is 0.259 e. The van der Waals surface area contributed by atoms with Gasteiger partial charge in [-0.25, -0.2) is 5.43 Å². The number of benzene rings is 1. The molecule has 0 aliphatic heterocycles. The number of carbonyl (C=O) groups is 1. The number of hydrazone groups is 1. The Morgan fingerprint density at radius 3 is 2.95 bits per heavy atom. The van der Waals surface area contributed by atoms with E-state index in [1.165, 1.54) is 22.8 Å². The number of aryl methyl sites for hydroxylation is 1. The Hall–Kier alpha value is -1.11. The Kier molecular flexibility index (Phi) is 6.02. The molecule has 114 valence electrons. The molecular formula is C16H22IN3O. The van der Waals surface area contributed by atoms with Gasteiger partial charge in [-0.15, -0.1) is 0 Å². The standard InChI is InChI=1S/C16H22IN3O/c1-11-5-3-4-6-15(11)19-20-16(21)10-18-14-8-7-13(17)9-12(14)2/h7-9,11,18H,3-6,10H2,1-2H3,(H,20,21)/b19-15+/t11-/m1/s1. The molecule has 0 aromatic heterocycles. The van der Waals surface area contributed by atoms with Crippen LogP contribution in [0.15, 0.2) is 23.3 Å². The van der Waals surface area contributed by atoms with Crippen molar-refractivity contribution in [2.45, 2.75) is 39.5 Å². The molecule has 0 bridgehead atoms. The van der Waals surface area contributed by atoms with E-state index in [1.807, 2.05) is 19.1 Å². The molecule has 2 N–H and O–H groups in total. The summed E-state index contributed by atoms with van der Waals surface area (Å²) in [6.45, 7) is 4.45. The molecule has 1 aliphatic rings. The number of hydrogen-bond acceptors (Lipinski definition) is 3. The molecule has 4 nitrogen and oxygen atoms in total. The highest BCUT2D eigenvalue weighted by atomic mass is 127. The molecule has 1 atom stereocenters. The van der Waals surface area contributed by atoms with E-state index in [9.17, 15) is 4.79 Å². The zero-order chi connectivity index (χ0) is 15.2. The van der Waals surface area contributed by atoms with Crippen LogP contribution < -0.4 is 10.7 Å². The molecule has 1 fully saturated rings. The fourth-order valence-corrected chi connectivity index (χ4v) is 3.16. The van der Waals surface area contributed by atoms with Crippen LogP contribution in [0.3, 0.4) is 0 Å². The molecule has 1 aromatic rings. The first kappa shape index (κ1) is 16.3. The number of rotatable bonds is 4. The minimum Gasteiger partial charge on any atom is -0.376 e. The van der Waals surface area contributed by atoms with Gasteiger partial charge in [0, 0.05) is 15.0 Å². The third-order valence-electron chi connectivity index (χ3n) is 3.84. The van der Waals surface area contributed by atoms with Crippen molar-refractivity contribution in [3.8, 4) is 0 Å². The lowest BCUT2D eigenvalue weighted by molar-refractivity contribution is -0.119. The number of amides is 1. The highest BCUT2D eigenvalue weighted by Crippen LogP contribution is 2.20. The number of carbonyl (C=O) groups excluding carboxylic acids is 1. The van der Waals surface area contributed by atoms with Crippen LogP contribution >= 0.6 is 22.6 Å². The fourth-order valence-electron chi connectivity index (χ4n) is 2.51. The van der Waals surface area contributed by atoms with Gasteiger partial charge in [0.15, 0.2) is 0 Å². The largest absolute Gasteiger partial charge is 0.376 e. The fraction of sp³-hybridized carbons (Fsp3) is 0.500. The second-order valence-corrected chi connectivity index (χ2v) is 6.84. The predicted octanol–water partition coefficient (Wildman–Crippen LogP) is 3.69. The Labute approximate surface area is 139 Å². The normalized spacial score (nSPS) is 20.3. The minimum absolute atomic E-state index is 0.0989. The van der Waals surface area contributed by atoms with E-state index < -0.39 is 0 Å². The van der Waals surface area contributed by atoms with Crippen molar-refractivity contribution < 1.29 is 4.79 Å². The van der Waals surface area contributed by atoms with Crippen molar-refractivity contribution in [1.82, 2.24) is 5.43 Å². The van der Waals surface area contributed by atoms with Crippen LogP contribution in [0.25, 0.3) is 0 Å². The van der Waals surface area contributed by atoms with E-state index in [4.69, 9.17) is 0 Å². The van der Waals surface area contributed by atoms with Gasteiger partial charge in [-0.2, -0.15) is 5.10 Å². The third kappa shape index (κ3) is 4.98. The van der Waals surface area contributed by atoms with Gasteiger partial charge in [-0.3, -0.25) is 4.79 Å². The number of anilines is 1. The van der Waals surface area contributed by atoms with Crippen molar-refractivity contribution >= 4 is 39.9 Å². The summed E-state index contributed by atoms with van der Waals surface area (Å²) in [5.41, 5.74) is 5.92. The Morgan fingerprint density at radius 2 is 2.24 bits per heavy atom. The number of halogens is 1. The van der Waals surface area contributed by atoms with E-state index in [1.54, 1.807) is 0 Å². The van der Waals surface area contributed by atoms with Gasteiger partial charge in [0.05, 0.1) is 6.54 Å². The summed E-state index contributed by atoms with van der Waals surface area (Å²) in [6.07, 6.45) is 4.63. The summed E-state index contributed by atoms with van der Waals surface area (Å²) < 4.78 is 1.19. The molecule has 0 unspecified atom stereocenters. The van der Waals surface area contributed by atoms with Gasteiger partial charge in [0.2, 0.25) is 0 Å². The van der Waals surface area contributed by atoms with Crippen LogP contribution in [0.5, 0.6) is 0 Å². The molecule has 21 heavy (non-hydrogen) atoms. The molecule has 1 aliphatic carbocycles. The summed E-state index contributed by atoms with van der Waals surface area (Å²) in [4.78, 5) is 11.9. The number of nitrogens with one attached hydrogen (secondary N) is 2. The molecule has 0 saturated heterocycles. The first-order valence-corrected chi connectivity index (χ1v) is 8.49. The van der Waals surface area contributed by atoms with Gasteiger partial charge >= 0.3 is 0 Å². The van der Waals surface area contributed by atoms with Crippen molar-refractivity contribution in [2.75, 3.05) is 11.9 Å². The van der Waals surface area contributed by atoms with E-state index in [0.29, 0.717) is 5.92 Å². The second kappa shape index (κ2) is 7.77. The van der Waals surface area contributed by atoms with Crippen LogP contribution in [0.1, 0.15) is 38.2 Å². The predicted molar refractivity (Wildman–Crippen MR) is 95.6 cm³/mol. The van der Waals surface area contributed by atoms with Gasteiger partial charge in [0.1, 0.15) is 0 Å². The first-order valence-electron chi connectivity index (χ1n) is 7.41. The summed E-state index contributed by atoms with van der Waals surface area (Å²) in [5, 5.41) is 7.44. The molecule has 0 radical (unpaired) electrons. The zero-order valence-electron chi connectivity index (χ0n) is 12.6. The smallest absolute Gasteiger partial charge is 0.259 e. The van der Waals surface area contributed by atoms with Crippen molar-refractivity contribution in [1.29, 1.82) is 0 Å². The van der Waals surface area contributed by atoms with Gasteiger partial charge in [-0.1, -0.05) is 13.3 Å². The monoisotopic (exact) mass is 399 g/mol. The summed E-state index contributed by atoms with van der Waals surface area (Å²) in [5.74, 6) is 0.392. The Bertz CT molecular complexity index is 542. The molecular weight excluding hydrogens is 377 g/mol. The average Bonchev–Trinajstić information content (AvgIpc) is 2.45. The topological polar surface area (TPSA) is 53.5 Å². The quantitative estimate of drug-likeness (QED) is 0.600. The Morgan fingerprint density at radius 1 is 1.43 bits per heavy atom. The highest BCUT2D eigenvalue weighted by Gasteiger charge is 2.16. The van der Waals surface area contributed by atoms with E-state index in [0.717, 1.165) is 23.4 Å². The van der Waals surface area contributed by atoms with E-state index in [-0.39, 0.29) is 12.5 Å². The molecule has 2 rings (SSSR count). The summed E-state index contributed by atoms with van der Waals surface area (Å²) in [7, 11) is 0. The molecule has 5 heteroatoms. The second-order valence-electron chi connectivity index (χ2n) is 5.60. The lowest BCUT2D eigenvalue weighted by Gasteiger charge is -2.19. The van der Waals surface area contributed by atoms with Crippen molar-refractivity contribution in [3.05, 3.63) is 27.3 Å². The van der Waals surface area contributed by atoms with Crippen LogP contribution in [0.4, 0.5) is 5.69 Å². The summed E-state index contributed by atoms with van der Waals surface area (Å²) in [6, 6.07) is 6.11. The number of nitrogens with zero attached hydrogens (tertiary/aromatic N) is 1. The van der Waals surface area contributed by atoms with Crippen LogP contribution in [0.2, 0.25) is 0 Å². The first-order chi connectivity index (χ1) is 10.1. The summed E-state index contributed by atoms with van der Waals surface area (Å²) >= 11 is 2.28. The Balaban J connectivity index is 1.83. The number of hydrogen-bond donors (Lipinski definition) is 2. The average molecular weight is 399 g/mol. The van der Waals surface area contributed by atoms with Crippen LogP contribution in [-0.2, 0) is 4.79 Å². The molecule has 1 aromatic carbocycles. The maximum absolute atomic E-state index is 11.9. The molecule has 0 spiro atoms. The SMILES string of the molecule is Cc1cc(I)ccc1NCC(=O)N/N=C1\CCCC[C@H]1C. The molecule has 0 heterocycles. The van der Waals surface area contributed by atoms with E-state index in [2.05, 4.69) is 51.4 Å². The lowest BCUT2D eigenvalue weighted by Crippen LogP contribution is -2.29. The van der Waals surface area contributed by atoms with Crippen LogP contribution in [-0.4, -0.2) is 18.2 Å².